The van der Waals surface area contributed by atoms with Crippen LogP contribution in [-0.2, 0) is 20.7 Å². The molecule has 1 aliphatic carbocycles. The molecule has 1 saturated carbocycles. The number of hydrogen-bond donors (Lipinski definition) is 1. The van der Waals surface area contributed by atoms with Crippen LogP contribution in [0.4, 0.5) is 5.82 Å². The first kappa shape index (κ1) is 18.8. The van der Waals surface area contributed by atoms with Crippen molar-refractivity contribution < 1.29 is 19.1 Å². The van der Waals surface area contributed by atoms with Crippen LogP contribution >= 0.6 is 11.6 Å². The van der Waals surface area contributed by atoms with Crippen LogP contribution in [0.3, 0.4) is 0 Å². The van der Waals surface area contributed by atoms with Crippen molar-refractivity contribution in [3.8, 4) is 5.75 Å². The molecule has 0 radical (unpaired) electrons. The first-order chi connectivity index (χ1) is 13.6. The van der Waals surface area contributed by atoms with Crippen molar-refractivity contribution in [2.45, 2.75) is 38.1 Å². The van der Waals surface area contributed by atoms with Crippen molar-refractivity contribution in [1.82, 2.24) is 9.78 Å². The number of nitrogens with one attached hydrogen (secondary N) is 1. The van der Waals surface area contributed by atoms with Gasteiger partial charge in [0, 0.05) is 11.1 Å². The van der Waals surface area contributed by atoms with Gasteiger partial charge in [0.15, 0.2) is 6.61 Å². The maximum absolute atomic E-state index is 12.3. The van der Waals surface area contributed by atoms with E-state index in [1.54, 1.807) is 30.5 Å². The van der Waals surface area contributed by atoms with Gasteiger partial charge in [0.1, 0.15) is 18.2 Å². The van der Waals surface area contributed by atoms with Gasteiger partial charge in [0.25, 0.3) is 5.91 Å². The number of carbonyl (C=O) groups is 2. The number of nitrogens with zero attached hydrogens (tertiary/aromatic N) is 2. The molecular formula is C20H22ClN3O4. The molecule has 1 amide bonds. The first-order valence-corrected chi connectivity index (χ1v) is 9.89. The van der Waals surface area contributed by atoms with Crippen molar-refractivity contribution in [2.75, 3.05) is 18.5 Å². The summed E-state index contributed by atoms with van der Waals surface area (Å²) in [4.78, 5) is 24.6. The Bertz CT molecular complexity index is 876. The Labute approximate surface area is 168 Å². The largest absolute Gasteiger partial charge is 0.492 e. The second-order valence-corrected chi connectivity index (χ2v) is 7.66. The van der Waals surface area contributed by atoms with Crippen LogP contribution in [0, 0.1) is 5.92 Å². The van der Waals surface area contributed by atoms with Gasteiger partial charge in [-0.1, -0.05) is 24.4 Å². The molecule has 4 rings (SSSR count). The third-order valence-corrected chi connectivity index (χ3v) is 5.45. The minimum atomic E-state index is -0.456. The molecule has 148 valence electrons. The van der Waals surface area contributed by atoms with Crippen LogP contribution in [0.2, 0.25) is 5.02 Å². The zero-order chi connectivity index (χ0) is 19.5. The Morgan fingerprint density at radius 3 is 2.93 bits per heavy atom. The summed E-state index contributed by atoms with van der Waals surface area (Å²) < 4.78 is 12.7. The summed E-state index contributed by atoms with van der Waals surface area (Å²) >= 11 is 6.00. The predicted octanol–water partition coefficient (Wildman–Crippen LogP) is 3.38. The third-order valence-electron chi connectivity index (χ3n) is 5.22. The summed E-state index contributed by atoms with van der Waals surface area (Å²) in [6, 6.07) is 7.40. The molecule has 28 heavy (non-hydrogen) atoms. The fourth-order valence-corrected chi connectivity index (χ4v) is 4.00. The molecule has 2 heterocycles. The molecule has 1 fully saturated rings. The van der Waals surface area contributed by atoms with E-state index in [-0.39, 0.29) is 19.1 Å². The highest BCUT2D eigenvalue weighted by Crippen LogP contribution is 2.31. The first-order valence-electron chi connectivity index (χ1n) is 9.51. The van der Waals surface area contributed by atoms with Gasteiger partial charge in [-0.2, -0.15) is 5.10 Å². The number of fused-ring (bicyclic) bond motifs is 1. The maximum atomic E-state index is 12.3. The lowest BCUT2D eigenvalue weighted by Crippen LogP contribution is -2.32. The van der Waals surface area contributed by atoms with Crippen LogP contribution in [0.15, 0.2) is 30.5 Å². The second-order valence-electron chi connectivity index (χ2n) is 7.22. The van der Waals surface area contributed by atoms with Crippen molar-refractivity contribution in [3.63, 3.8) is 0 Å². The lowest BCUT2D eigenvalue weighted by atomic mass is 9.97. The lowest BCUT2D eigenvalue weighted by molar-refractivity contribution is -0.152. The zero-order valence-electron chi connectivity index (χ0n) is 15.4. The molecule has 1 aromatic heterocycles. The van der Waals surface area contributed by atoms with Gasteiger partial charge in [-0.05, 0) is 43.0 Å². The number of aromatic nitrogens is 2. The monoisotopic (exact) mass is 403 g/mol. The van der Waals surface area contributed by atoms with E-state index in [9.17, 15) is 9.59 Å². The zero-order valence-corrected chi connectivity index (χ0v) is 16.2. The fourth-order valence-electron chi connectivity index (χ4n) is 3.80. The van der Waals surface area contributed by atoms with Gasteiger partial charge in [-0.3, -0.25) is 9.59 Å². The van der Waals surface area contributed by atoms with Gasteiger partial charge in [0.2, 0.25) is 0 Å². The topological polar surface area (TPSA) is 82.5 Å². The highest BCUT2D eigenvalue weighted by molar-refractivity contribution is 6.30. The smallest absolute Gasteiger partial charge is 0.313 e. The van der Waals surface area contributed by atoms with Crippen LogP contribution in [0.1, 0.15) is 37.3 Å². The number of halogens is 1. The Balaban J connectivity index is 1.29. The van der Waals surface area contributed by atoms with E-state index in [1.165, 1.54) is 12.8 Å². The molecule has 0 bridgehead atoms. The Morgan fingerprint density at radius 1 is 1.29 bits per heavy atom. The Hall–Kier alpha value is -2.54. The van der Waals surface area contributed by atoms with Gasteiger partial charge in [-0.15, -0.1) is 0 Å². The Kier molecular flexibility index (Phi) is 5.52. The number of rotatable bonds is 5. The molecular weight excluding hydrogens is 382 g/mol. The van der Waals surface area contributed by atoms with Crippen LogP contribution in [-0.4, -0.2) is 34.9 Å². The summed E-state index contributed by atoms with van der Waals surface area (Å²) in [5.74, 6) is 0.0741. The van der Waals surface area contributed by atoms with Gasteiger partial charge in [0.05, 0.1) is 18.2 Å². The molecule has 8 heteroatoms. The third kappa shape index (κ3) is 4.14. The summed E-state index contributed by atoms with van der Waals surface area (Å²) in [6.07, 6.45) is 6.62. The normalized spacial score (nSPS) is 19.0. The lowest BCUT2D eigenvalue weighted by Gasteiger charge is -2.24. The summed E-state index contributed by atoms with van der Waals surface area (Å²) in [5.41, 5.74) is 0.866. The number of anilines is 1. The van der Waals surface area contributed by atoms with Crippen LogP contribution in [0.25, 0.3) is 0 Å². The van der Waals surface area contributed by atoms with E-state index in [1.807, 2.05) is 4.68 Å². The predicted molar refractivity (Wildman–Crippen MR) is 103 cm³/mol. The number of amides is 1. The van der Waals surface area contributed by atoms with E-state index in [0.717, 1.165) is 24.2 Å². The highest BCUT2D eigenvalue weighted by Gasteiger charge is 2.28. The number of carbonyl (C=O) groups excluding carboxylic acids is 2. The molecule has 1 aliphatic heterocycles. The SMILES string of the molecule is O=C(COC(=O)[C@H]1COc2ccc(Cl)cc2C1)Nc1ccnn1C1CCCC1. The molecule has 0 saturated heterocycles. The van der Waals surface area contributed by atoms with Crippen molar-refractivity contribution in [3.05, 3.63) is 41.0 Å². The molecule has 0 unspecified atom stereocenters. The summed E-state index contributed by atoms with van der Waals surface area (Å²) in [6.45, 7) is -0.114. The molecule has 1 aromatic carbocycles. The van der Waals surface area contributed by atoms with Gasteiger partial charge < -0.3 is 14.8 Å². The number of hydrogen-bond acceptors (Lipinski definition) is 5. The highest BCUT2D eigenvalue weighted by atomic mass is 35.5. The van der Waals surface area contributed by atoms with Gasteiger partial charge in [-0.25, -0.2) is 4.68 Å². The molecule has 0 spiro atoms. The summed E-state index contributed by atoms with van der Waals surface area (Å²) in [5, 5.41) is 7.69. The number of ether oxygens (including phenoxy) is 2. The quantitative estimate of drug-likeness (QED) is 0.774. The van der Waals surface area contributed by atoms with Crippen molar-refractivity contribution in [1.29, 1.82) is 0 Å². The van der Waals surface area contributed by atoms with Gasteiger partial charge >= 0.3 is 5.97 Å². The summed E-state index contributed by atoms with van der Waals surface area (Å²) in [7, 11) is 0. The van der Waals surface area contributed by atoms with E-state index in [4.69, 9.17) is 21.1 Å². The average molecular weight is 404 g/mol. The maximum Gasteiger partial charge on any atom is 0.313 e. The number of esters is 1. The molecule has 1 N–H and O–H groups in total. The average Bonchev–Trinajstić information content (AvgIpc) is 3.37. The standard InChI is InChI=1S/C20H22ClN3O4/c21-15-5-6-17-13(10-15)9-14(11-27-17)20(26)28-12-19(25)23-18-7-8-22-24(18)16-3-1-2-4-16/h5-8,10,14,16H,1-4,9,11-12H2,(H,23,25)/t14-/m1/s1. The van der Waals surface area contributed by atoms with Crippen LogP contribution < -0.4 is 10.1 Å². The minimum Gasteiger partial charge on any atom is -0.492 e. The fraction of sp³-hybridized carbons (Fsp3) is 0.450. The minimum absolute atomic E-state index is 0.226. The molecule has 2 aromatic rings. The number of benzene rings is 1. The van der Waals surface area contributed by atoms with Crippen molar-refractivity contribution >= 4 is 29.3 Å². The molecule has 7 nitrogen and oxygen atoms in total. The molecule has 2 aliphatic rings. The van der Waals surface area contributed by atoms with E-state index >= 15 is 0 Å². The van der Waals surface area contributed by atoms with E-state index in [2.05, 4.69) is 10.4 Å². The van der Waals surface area contributed by atoms with Crippen molar-refractivity contribution in [2.24, 2.45) is 5.92 Å². The van der Waals surface area contributed by atoms with E-state index in [0.29, 0.717) is 23.3 Å². The molecule has 1 atom stereocenters. The van der Waals surface area contributed by atoms with E-state index < -0.39 is 11.9 Å². The second kappa shape index (κ2) is 8.22. The van der Waals surface area contributed by atoms with Crippen LogP contribution in [0.5, 0.6) is 5.75 Å². The Morgan fingerprint density at radius 2 is 2.11 bits per heavy atom.